The van der Waals surface area contributed by atoms with Crippen molar-refractivity contribution in [1.29, 1.82) is 0 Å². The first-order valence-corrected chi connectivity index (χ1v) is 13.8. The molecule has 0 radical (unpaired) electrons. The van der Waals surface area contributed by atoms with Crippen molar-refractivity contribution in [3.8, 4) is 17.2 Å². The maximum absolute atomic E-state index is 12.2. The molecular formula is C33H38ClNO4. The van der Waals surface area contributed by atoms with Crippen LogP contribution in [0.4, 0.5) is 0 Å². The normalized spacial score (nSPS) is 16.9. The van der Waals surface area contributed by atoms with E-state index in [9.17, 15) is 4.79 Å². The zero-order chi connectivity index (χ0) is 26.3. The van der Waals surface area contributed by atoms with Gasteiger partial charge >= 0.3 is 5.97 Å². The first-order valence-electron chi connectivity index (χ1n) is 13.8. The number of piperidine rings is 1. The first-order chi connectivity index (χ1) is 18.5. The fraction of sp³-hybridized carbons (Fsp3) is 0.364. The number of carbonyl (C=O) groups excluding carboxylic acids is 1. The third-order valence-corrected chi connectivity index (χ3v) is 7.17. The van der Waals surface area contributed by atoms with Crippen LogP contribution in [0.25, 0.3) is 5.57 Å². The number of fused-ring (bicyclic) bond motifs is 1. The Morgan fingerprint density at radius 2 is 1.67 bits per heavy atom. The summed E-state index contributed by atoms with van der Waals surface area (Å²) in [5.74, 6) is 1.68. The van der Waals surface area contributed by atoms with Crippen LogP contribution in [0.1, 0.15) is 55.9 Å². The topological polar surface area (TPSA) is 48.0 Å². The highest BCUT2D eigenvalue weighted by Crippen LogP contribution is 2.41. The van der Waals surface area contributed by atoms with E-state index in [1.54, 1.807) is 0 Å². The molecule has 0 N–H and O–H groups in total. The molecule has 1 unspecified atom stereocenters. The standard InChI is InChI=1S/C33H37NO4.ClH/c1-24(2)33(35)37-29-15-16-30-27(22-31(38-32(30)23-29)26-9-5-3-6-10-26)21-25-11-13-28(14-12-25)36-20-19-34-17-7-4-8-18-34;/h3,5-6,9-16,22-24,31H,4,7-8,17-21H2,1-2H3;1H. The van der Waals surface area contributed by atoms with Crippen molar-refractivity contribution >= 4 is 23.9 Å². The Hall–Kier alpha value is -3.28. The van der Waals surface area contributed by atoms with Gasteiger partial charge < -0.3 is 14.2 Å². The van der Waals surface area contributed by atoms with E-state index in [2.05, 4.69) is 47.4 Å². The SMILES string of the molecule is CC(C)C(=O)Oc1ccc2c(c1)OC(c1ccccc1)C=C2Cc1ccc(OCCN2CCCCC2)cc1.Cl. The lowest BCUT2D eigenvalue weighted by molar-refractivity contribution is -0.137. The summed E-state index contributed by atoms with van der Waals surface area (Å²) in [6, 6.07) is 24.3. The lowest BCUT2D eigenvalue weighted by atomic mass is 9.92. The van der Waals surface area contributed by atoms with Crippen molar-refractivity contribution in [3.63, 3.8) is 0 Å². The van der Waals surface area contributed by atoms with Gasteiger partial charge in [0.15, 0.2) is 0 Å². The highest BCUT2D eigenvalue weighted by atomic mass is 35.5. The van der Waals surface area contributed by atoms with Crippen LogP contribution >= 0.6 is 12.4 Å². The van der Waals surface area contributed by atoms with Gasteiger partial charge in [-0.05, 0) is 79.4 Å². The average Bonchev–Trinajstić information content (AvgIpc) is 2.95. The van der Waals surface area contributed by atoms with Crippen LogP contribution in [0.15, 0.2) is 78.9 Å². The molecule has 3 aromatic carbocycles. The molecule has 1 saturated heterocycles. The molecule has 0 spiro atoms. The van der Waals surface area contributed by atoms with E-state index in [0.717, 1.165) is 42.2 Å². The highest BCUT2D eigenvalue weighted by Gasteiger charge is 2.23. The minimum Gasteiger partial charge on any atom is -0.492 e. The Morgan fingerprint density at radius 1 is 0.949 bits per heavy atom. The summed E-state index contributed by atoms with van der Waals surface area (Å²) in [6.45, 7) is 7.74. The van der Waals surface area contributed by atoms with Crippen LogP contribution in [0, 0.1) is 5.92 Å². The lowest BCUT2D eigenvalue weighted by Crippen LogP contribution is -2.33. The molecule has 0 bridgehead atoms. The Balaban J connectivity index is 0.00000353. The molecule has 0 aromatic heterocycles. The number of carbonyl (C=O) groups is 1. The van der Waals surface area contributed by atoms with Crippen molar-refractivity contribution in [1.82, 2.24) is 4.90 Å². The summed E-state index contributed by atoms with van der Waals surface area (Å²) in [5.41, 5.74) is 4.48. The fourth-order valence-electron chi connectivity index (χ4n) is 4.97. The lowest BCUT2D eigenvalue weighted by Gasteiger charge is -2.27. The Bertz CT molecular complexity index is 1250. The van der Waals surface area contributed by atoms with Gasteiger partial charge in [-0.25, -0.2) is 0 Å². The largest absolute Gasteiger partial charge is 0.492 e. The number of hydrogen-bond acceptors (Lipinski definition) is 5. The smallest absolute Gasteiger partial charge is 0.313 e. The van der Waals surface area contributed by atoms with Crippen molar-refractivity contribution in [3.05, 3.63) is 95.6 Å². The van der Waals surface area contributed by atoms with E-state index < -0.39 is 0 Å². The van der Waals surface area contributed by atoms with Gasteiger partial charge in [-0.2, -0.15) is 0 Å². The average molecular weight is 548 g/mol. The number of hydrogen-bond donors (Lipinski definition) is 0. The van der Waals surface area contributed by atoms with Gasteiger partial charge in [-0.15, -0.1) is 12.4 Å². The summed E-state index contributed by atoms with van der Waals surface area (Å²) in [6.07, 6.45) is 6.69. The Kier molecular flexibility index (Phi) is 10.1. The van der Waals surface area contributed by atoms with E-state index >= 15 is 0 Å². The van der Waals surface area contributed by atoms with E-state index in [1.165, 1.54) is 43.5 Å². The third kappa shape index (κ3) is 7.65. The second-order valence-electron chi connectivity index (χ2n) is 10.4. The number of esters is 1. The molecule has 6 heteroatoms. The molecule has 2 heterocycles. The van der Waals surface area contributed by atoms with E-state index in [-0.39, 0.29) is 30.4 Å². The minimum atomic E-state index is -0.255. The van der Waals surface area contributed by atoms with Crippen LogP contribution < -0.4 is 14.2 Å². The zero-order valence-corrected chi connectivity index (χ0v) is 23.6. The summed E-state index contributed by atoms with van der Waals surface area (Å²) >= 11 is 0. The summed E-state index contributed by atoms with van der Waals surface area (Å²) < 4.78 is 18.0. The third-order valence-electron chi connectivity index (χ3n) is 7.17. The van der Waals surface area contributed by atoms with E-state index in [4.69, 9.17) is 14.2 Å². The molecule has 39 heavy (non-hydrogen) atoms. The molecule has 2 aliphatic heterocycles. The number of rotatable bonds is 9. The summed E-state index contributed by atoms with van der Waals surface area (Å²) in [5, 5.41) is 0. The van der Waals surface area contributed by atoms with Gasteiger partial charge in [0.1, 0.15) is 30.0 Å². The predicted molar refractivity (Wildman–Crippen MR) is 158 cm³/mol. The van der Waals surface area contributed by atoms with Gasteiger partial charge in [0.25, 0.3) is 0 Å². The monoisotopic (exact) mass is 547 g/mol. The number of allylic oxidation sites excluding steroid dienone is 1. The molecule has 3 aromatic rings. The number of nitrogens with zero attached hydrogens (tertiary/aromatic N) is 1. The van der Waals surface area contributed by atoms with Gasteiger partial charge in [0, 0.05) is 18.2 Å². The van der Waals surface area contributed by atoms with Gasteiger partial charge in [-0.1, -0.05) is 62.7 Å². The number of benzene rings is 3. The maximum atomic E-state index is 12.2. The zero-order valence-electron chi connectivity index (χ0n) is 22.8. The van der Waals surface area contributed by atoms with Crippen LogP contribution in [0.5, 0.6) is 17.2 Å². The van der Waals surface area contributed by atoms with Crippen molar-refractivity contribution in [2.24, 2.45) is 5.92 Å². The number of ether oxygens (including phenoxy) is 3. The predicted octanol–water partition coefficient (Wildman–Crippen LogP) is 7.29. The van der Waals surface area contributed by atoms with Gasteiger partial charge in [0.2, 0.25) is 0 Å². The van der Waals surface area contributed by atoms with Gasteiger partial charge in [-0.3, -0.25) is 9.69 Å². The van der Waals surface area contributed by atoms with Gasteiger partial charge in [0.05, 0.1) is 5.92 Å². The van der Waals surface area contributed by atoms with Crippen LogP contribution in [-0.4, -0.2) is 37.1 Å². The first kappa shape index (κ1) is 28.7. The fourth-order valence-corrected chi connectivity index (χ4v) is 4.97. The molecule has 5 nitrogen and oxygen atoms in total. The number of likely N-dealkylation sites (tertiary alicyclic amines) is 1. The summed E-state index contributed by atoms with van der Waals surface area (Å²) in [4.78, 5) is 14.6. The summed E-state index contributed by atoms with van der Waals surface area (Å²) in [7, 11) is 0. The van der Waals surface area contributed by atoms with Crippen molar-refractivity contribution in [2.45, 2.75) is 45.6 Å². The molecule has 1 fully saturated rings. The molecule has 5 rings (SSSR count). The van der Waals surface area contributed by atoms with Crippen LogP contribution in [0.3, 0.4) is 0 Å². The molecule has 1 atom stereocenters. The molecule has 0 aliphatic carbocycles. The Morgan fingerprint density at radius 3 is 2.38 bits per heavy atom. The van der Waals surface area contributed by atoms with Crippen LogP contribution in [-0.2, 0) is 11.2 Å². The quantitative estimate of drug-likeness (QED) is 0.208. The molecule has 0 amide bonds. The highest BCUT2D eigenvalue weighted by molar-refractivity contribution is 5.85. The Labute approximate surface area is 238 Å². The second-order valence-corrected chi connectivity index (χ2v) is 10.4. The van der Waals surface area contributed by atoms with Crippen molar-refractivity contribution < 1.29 is 19.0 Å². The van der Waals surface area contributed by atoms with Crippen LogP contribution in [0.2, 0.25) is 0 Å². The van der Waals surface area contributed by atoms with Crippen molar-refractivity contribution in [2.75, 3.05) is 26.2 Å². The van der Waals surface area contributed by atoms with E-state index in [0.29, 0.717) is 5.75 Å². The number of halogens is 1. The molecule has 2 aliphatic rings. The minimum absolute atomic E-state index is 0. The molecular weight excluding hydrogens is 510 g/mol. The maximum Gasteiger partial charge on any atom is 0.313 e. The second kappa shape index (κ2) is 13.7. The van der Waals surface area contributed by atoms with E-state index in [1.807, 2.05) is 50.2 Å². The molecule has 0 saturated carbocycles. The molecule has 206 valence electrons.